The molecule has 0 spiro atoms. The average Bonchev–Trinajstić information content (AvgIpc) is 2.97. The second kappa shape index (κ2) is 5.06. The fourth-order valence-corrected chi connectivity index (χ4v) is 2.77. The Balaban J connectivity index is 2.05. The SMILES string of the molecule is CC(C)c1nc(C(=O)N2CC[C@@H](C(=O)O)C2)cs1. The highest BCUT2D eigenvalue weighted by atomic mass is 32.1. The van der Waals surface area contributed by atoms with E-state index in [2.05, 4.69) is 4.98 Å². The number of likely N-dealkylation sites (tertiary alicyclic amines) is 1. The van der Waals surface area contributed by atoms with E-state index in [1.807, 2.05) is 13.8 Å². The number of carboxylic acids is 1. The van der Waals surface area contributed by atoms with E-state index in [1.54, 1.807) is 10.3 Å². The van der Waals surface area contributed by atoms with Gasteiger partial charge in [-0.15, -0.1) is 11.3 Å². The summed E-state index contributed by atoms with van der Waals surface area (Å²) in [7, 11) is 0. The Hall–Kier alpha value is -1.43. The fourth-order valence-electron chi connectivity index (χ4n) is 1.96. The summed E-state index contributed by atoms with van der Waals surface area (Å²) in [4.78, 5) is 28.9. The summed E-state index contributed by atoms with van der Waals surface area (Å²) >= 11 is 1.48. The Morgan fingerprint density at radius 1 is 1.56 bits per heavy atom. The summed E-state index contributed by atoms with van der Waals surface area (Å²) in [5.41, 5.74) is 0.440. The molecule has 6 heteroatoms. The van der Waals surface area contributed by atoms with Crippen molar-refractivity contribution in [1.82, 2.24) is 9.88 Å². The van der Waals surface area contributed by atoms with Gasteiger partial charge in [0.15, 0.2) is 0 Å². The Morgan fingerprint density at radius 3 is 2.78 bits per heavy atom. The van der Waals surface area contributed by atoms with Gasteiger partial charge in [0.05, 0.1) is 10.9 Å². The molecular weight excluding hydrogens is 252 g/mol. The number of amides is 1. The summed E-state index contributed by atoms with van der Waals surface area (Å²) in [5.74, 6) is -1.10. The van der Waals surface area contributed by atoms with Gasteiger partial charge in [0.25, 0.3) is 5.91 Å². The number of nitrogens with zero attached hydrogens (tertiary/aromatic N) is 2. The first-order valence-electron chi connectivity index (χ1n) is 5.96. The molecule has 1 fully saturated rings. The predicted octanol–water partition coefficient (Wildman–Crippen LogP) is 1.81. The van der Waals surface area contributed by atoms with E-state index in [1.165, 1.54) is 11.3 Å². The van der Waals surface area contributed by atoms with Gasteiger partial charge < -0.3 is 10.0 Å². The normalized spacial score (nSPS) is 19.5. The Bertz CT molecular complexity index is 470. The molecule has 1 N–H and O–H groups in total. The molecule has 5 nitrogen and oxygen atoms in total. The molecule has 0 unspecified atom stereocenters. The van der Waals surface area contributed by atoms with Crippen LogP contribution in [0.3, 0.4) is 0 Å². The molecule has 1 aromatic heterocycles. The maximum Gasteiger partial charge on any atom is 0.308 e. The van der Waals surface area contributed by atoms with E-state index in [0.29, 0.717) is 31.1 Å². The van der Waals surface area contributed by atoms with E-state index in [9.17, 15) is 9.59 Å². The first-order valence-corrected chi connectivity index (χ1v) is 6.84. The van der Waals surface area contributed by atoms with Crippen molar-refractivity contribution < 1.29 is 14.7 Å². The number of rotatable bonds is 3. The van der Waals surface area contributed by atoms with Crippen molar-refractivity contribution in [3.05, 3.63) is 16.1 Å². The van der Waals surface area contributed by atoms with Gasteiger partial charge in [-0.05, 0) is 6.42 Å². The molecule has 0 aliphatic carbocycles. The van der Waals surface area contributed by atoms with Gasteiger partial charge in [0, 0.05) is 24.4 Å². The Kier molecular flexibility index (Phi) is 3.65. The quantitative estimate of drug-likeness (QED) is 0.907. The molecule has 1 atom stereocenters. The number of aliphatic carboxylic acids is 1. The molecule has 2 heterocycles. The second-order valence-electron chi connectivity index (χ2n) is 4.80. The van der Waals surface area contributed by atoms with Gasteiger partial charge in [-0.25, -0.2) is 4.98 Å². The molecule has 1 amide bonds. The molecule has 1 aliphatic heterocycles. The maximum atomic E-state index is 12.1. The minimum Gasteiger partial charge on any atom is -0.481 e. The summed E-state index contributed by atoms with van der Waals surface area (Å²) < 4.78 is 0. The van der Waals surface area contributed by atoms with Crippen LogP contribution in [-0.2, 0) is 4.79 Å². The third kappa shape index (κ3) is 2.53. The van der Waals surface area contributed by atoms with Crippen molar-refractivity contribution in [3.8, 4) is 0 Å². The largest absolute Gasteiger partial charge is 0.481 e. The van der Waals surface area contributed by atoms with Crippen LogP contribution in [-0.4, -0.2) is 40.0 Å². The zero-order valence-corrected chi connectivity index (χ0v) is 11.2. The number of aromatic nitrogens is 1. The first kappa shape index (κ1) is 13.0. The van der Waals surface area contributed by atoms with Gasteiger partial charge in [-0.3, -0.25) is 9.59 Å². The van der Waals surface area contributed by atoms with Crippen LogP contribution in [0.25, 0.3) is 0 Å². The molecule has 18 heavy (non-hydrogen) atoms. The van der Waals surface area contributed by atoms with E-state index in [0.717, 1.165) is 5.01 Å². The molecule has 0 bridgehead atoms. The van der Waals surface area contributed by atoms with Crippen LogP contribution < -0.4 is 0 Å². The van der Waals surface area contributed by atoms with E-state index in [-0.39, 0.29) is 5.91 Å². The number of thiazole rings is 1. The molecule has 0 radical (unpaired) electrons. The highest BCUT2D eigenvalue weighted by Gasteiger charge is 2.32. The Labute approximate surface area is 109 Å². The third-order valence-electron chi connectivity index (χ3n) is 3.06. The molecular formula is C12H16N2O3S. The van der Waals surface area contributed by atoms with Gasteiger partial charge in [0.1, 0.15) is 5.69 Å². The van der Waals surface area contributed by atoms with Crippen molar-refractivity contribution >= 4 is 23.2 Å². The van der Waals surface area contributed by atoms with E-state index >= 15 is 0 Å². The molecule has 0 aromatic carbocycles. The fraction of sp³-hybridized carbons (Fsp3) is 0.583. The molecule has 0 saturated carbocycles. The van der Waals surface area contributed by atoms with Crippen LogP contribution in [0.1, 0.15) is 41.7 Å². The lowest BCUT2D eigenvalue weighted by molar-refractivity contribution is -0.141. The van der Waals surface area contributed by atoms with Crippen LogP contribution in [0, 0.1) is 5.92 Å². The van der Waals surface area contributed by atoms with Crippen LogP contribution in [0.2, 0.25) is 0 Å². The monoisotopic (exact) mass is 268 g/mol. The maximum absolute atomic E-state index is 12.1. The second-order valence-corrected chi connectivity index (χ2v) is 5.69. The molecule has 98 valence electrons. The van der Waals surface area contributed by atoms with Crippen LogP contribution in [0.4, 0.5) is 0 Å². The highest BCUT2D eigenvalue weighted by Crippen LogP contribution is 2.22. The number of hydrogen-bond donors (Lipinski definition) is 1. The van der Waals surface area contributed by atoms with Crippen LogP contribution in [0.5, 0.6) is 0 Å². The minimum absolute atomic E-state index is 0.151. The lowest BCUT2D eigenvalue weighted by Gasteiger charge is -2.13. The van der Waals surface area contributed by atoms with E-state index < -0.39 is 11.9 Å². The zero-order chi connectivity index (χ0) is 13.3. The average molecular weight is 268 g/mol. The predicted molar refractivity (Wildman–Crippen MR) is 67.8 cm³/mol. The number of hydrogen-bond acceptors (Lipinski definition) is 4. The number of carbonyl (C=O) groups excluding carboxylic acids is 1. The van der Waals surface area contributed by atoms with Gasteiger partial charge in [0.2, 0.25) is 0 Å². The van der Waals surface area contributed by atoms with Crippen molar-refractivity contribution in [3.63, 3.8) is 0 Å². The van der Waals surface area contributed by atoms with E-state index in [4.69, 9.17) is 5.11 Å². The van der Waals surface area contributed by atoms with Gasteiger partial charge >= 0.3 is 5.97 Å². The lowest BCUT2D eigenvalue weighted by Crippen LogP contribution is -2.30. The summed E-state index contributed by atoms with van der Waals surface area (Å²) in [6.07, 6.45) is 0.530. The molecule has 1 aliphatic rings. The zero-order valence-electron chi connectivity index (χ0n) is 10.4. The summed E-state index contributed by atoms with van der Waals surface area (Å²) in [5, 5.41) is 11.6. The Morgan fingerprint density at radius 2 is 2.28 bits per heavy atom. The molecule has 2 rings (SSSR count). The van der Waals surface area contributed by atoms with Crippen LogP contribution in [0.15, 0.2) is 5.38 Å². The standard InChI is InChI=1S/C12H16N2O3S/c1-7(2)10-13-9(6-18-10)11(15)14-4-3-8(5-14)12(16)17/h6-8H,3-5H2,1-2H3,(H,16,17)/t8-/m1/s1. The van der Waals surface area contributed by atoms with Gasteiger partial charge in [-0.1, -0.05) is 13.8 Å². The first-order chi connectivity index (χ1) is 8.49. The number of carbonyl (C=O) groups is 2. The summed E-state index contributed by atoms with van der Waals surface area (Å²) in [6.45, 7) is 4.86. The lowest BCUT2D eigenvalue weighted by atomic mass is 10.1. The summed E-state index contributed by atoms with van der Waals surface area (Å²) in [6, 6.07) is 0. The third-order valence-corrected chi connectivity index (χ3v) is 4.20. The van der Waals surface area contributed by atoms with Crippen molar-refractivity contribution in [1.29, 1.82) is 0 Å². The number of carboxylic acid groups (broad SMARTS) is 1. The highest BCUT2D eigenvalue weighted by molar-refractivity contribution is 7.09. The van der Waals surface area contributed by atoms with Crippen LogP contribution >= 0.6 is 11.3 Å². The molecule has 1 saturated heterocycles. The minimum atomic E-state index is -0.827. The van der Waals surface area contributed by atoms with Crippen molar-refractivity contribution in [2.75, 3.05) is 13.1 Å². The smallest absolute Gasteiger partial charge is 0.308 e. The molecule has 1 aromatic rings. The van der Waals surface area contributed by atoms with Crippen molar-refractivity contribution in [2.24, 2.45) is 5.92 Å². The van der Waals surface area contributed by atoms with Gasteiger partial charge in [-0.2, -0.15) is 0 Å². The van der Waals surface area contributed by atoms with Crippen molar-refractivity contribution in [2.45, 2.75) is 26.2 Å². The topological polar surface area (TPSA) is 70.5 Å².